The van der Waals surface area contributed by atoms with Gasteiger partial charge in [0, 0.05) is 18.3 Å². The molecule has 10 atom stereocenters. The number of allylic oxidation sites excluding steroid dienone is 1. The molecule has 5 aliphatic carbocycles. The van der Waals surface area contributed by atoms with Crippen molar-refractivity contribution in [3.8, 4) is 0 Å². The van der Waals surface area contributed by atoms with Crippen molar-refractivity contribution in [2.75, 3.05) is 6.54 Å². The number of fused-ring (bicyclic) bond motifs is 7. The van der Waals surface area contributed by atoms with E-state index in [1.807, 2.05) is 50.2 Å². The molecule has 7 rings (SSSR count). The van der Waals surface area contributed by atoms with Crippen LogP contribution >= 0.6 is 0 Å². The van der Waals surface area contributed by atoms with Gasteiger partial charge in [0.25, 0.3) is 5.91 Å². The number of nitrogens with one attached hydrogen (secondary N) is 2. The molecule has 53 heavy (non-hydrogen) atoms. The minimum Gasteiger partial charge on any atom is -0.393 e. The van der Waals surface area contributed by atoms with Crippen LogP contribution in [0.2, 0.25) is 0 Å². The van der Waals surface area contributed by atoms with Crippen molar-refractivity contribution in [3.05, 3.63) is 77.6 Å². The molecule has 2 aromatic rings. The van der Waals surface area contributed by atoms with Crippen molar-refractivity contribution in [2.24, 2.45) is 56.7 Å². The van der Waals surface area contributed by atoms with Crippen molar-refractivity contribution < 1.29 is 14.7 Å². The molecule has 0 radical (unpaired) electrons. The Bertz CT molecular complexity index is 1730. The van der Waals surface area contributed by atoms with E-state index in [0.29, 0.717) is 48.1 Å². The SMILES string of the molecule is C=C(C)C1CCC2(C(=O)NCCc3cccc(C(=O)NC(C)(C)c4ccccn4)c3)CC[C@]3(C)C(CCC4C5(C)CCC(O)C(C)(C)C5CCC43C)C12. The third-order valence-corrected chi connectivity index (χ3v) is 17.1. The molecule has 9 unspecified atom stereocenters. The maximum absolute atomic E-state index is 14.7. The lowest BCUT2D eigenvalue weighted by molar-refractivity contribution is -0.246. The van der Waals surface area contributed by atoms with Gasteiger partial charge in [-0.05, 0) is 172 Å². The lowest BCUT2D eigenvalue weighted by Gasteiger charge is -2.72. The molecule has 5 aliphatic rings. The van der Waals surface area contributed by atoms with Gasteiger partial charge in [-0.3, -0.25) is 14.6 Å². The number of nitrogens with zero attached hydrogens (tertiary/aromatic N) is 1. The Kier molecular flexibility index (Phi) is 9.64. The standard InChI is InChI=1S/C47H67N3O3/c1-30(2)33-18-24-47(41(53)49-28-21-31-13-12-14-32(29-31)40(52)50-43(5,6)37-15-10-11-27-48-37)26-25-45(8)34(39(33)47)16-17-36-44(7)22-20-38(51)42(3,4)35(44)19-23-46(36,45)9/h10-15,27,29,33-36,38-39,51H,1,16-26,28H2,2-9H3,(H,49,53)(H,50,52)/t33?,34?,35?,36?,38?,39?,44?,45-,46?,47?/m1/s1. The molecule has 0 saturated heterocycles. The van der Waals surface area contributed by atoms with Crippen LogP contribution in [-0.2, 0) is 16.8 Å². The minimum absolute atomic E-state index is 0.0485. The van der Waals surface area contributed by atoms with Gasteiger partial charge in [0.2, 0.25) is 5.91 Å². The van der Waals surface area contributed by atoms with Crippen LogP contribution in [0.1, 0.15) is 141 Å². The van der Waals surface area contributed by atoms with E-state index in [0.717, 1.165) is 49.8 Å². The second kappa shape index (κ2) is 13.3. The highest BCUT2D eigenvalue weighted by atomic mass is 16.3. The molecule has 1 aromatic heterocycles. The zero-order valence-corrected chi connectivity index (χ0v) is 34.0. The van der Waals surface area contributed by atoms with Crippen LogP contribution in [0.15, 0.2) is 60.8 Å². The van der Waals surface area contributed by atoms with E-state index in [9.17, 15) is 14.7 Å². The molecule has 1 heterocycles. The summed E-state index contributed by atoms with van der Waals surface area (Å²) in [5.74, 6) is 2.50. The van der Waals surface area contributed by atoms with Crippen molar-refractivity contribution >= 4 is 11.8 Å². The molecule has 0 aliphatic heterocycles. The number of amides is 2. The fourth-order valence-corrected chi connectivity index (χ4v) is 14.0. The number of aliphatic hydroxyl groups excluding tert-OH is 1. The quantitative estimate of drug-likeness (QED) is 0.237. The first-order valence-corrected chi connectivity index (χ1v) is 20.9. The Labute approximate surface area is 319 Å². The highest BCUT2D eigenvalue weighted by molar-refractivity contribution is 5.94. The number of benzene rings is 1. The van der Waals surface area contributed by atoms with E-state index in [4.69, 9.17) is 0 Å². The van der Waals surface area contributed by atoms with Gasteiger partial charge in [-0.2, -0.15) is 0 Å². The summed E-state index contributed by atoms with van der Waals surface area (Å²) in [6.07, 6.45) is 13.2. The van der Waals surface area contributed by atoms with Crippen LogP contribution in [0.5, 0.6) is 0 Å². The van der Waals surface area contributed by atoms with Crippen LogP contribution in [-0.4, -0.2) is 34.6 Å². The van der Waals surface area contributed by atoms with Crippen LogP contribution < -0.4 is 10.6 Å². The second-order valence-electron chi connectivity index (χ2n) is 20.2. The van der Waals surface area contributed by atoms with Gasteiger partial charge in [-0.25, -0.2) is 0 Å². The molecule has 5 fully saturated rings. The number of hydrogen-bond donors (Lipinski definition) is 3. The zero-order valence-electron chi connectivity index (χ0n) is 34.0. The zero-order chi connectivity index (χ0) is 38.2. The van der Waals surface area contributed by atoms with Crippen LogP contribution in [0.3, 0.4) is 0 Å². The predicted molar refractivity (Wildman–Crippen MR) is 213 cm³/mol. The van der Waals surface area contributed by atoms with Gasteiger partial charge >= 0.3 is 0 Å². The van der Waals surface area contributed by atoms with Gasteiger partial charge in [0.15, 0.2) is 0 Å². The van der Waals surface area contributed by atoms with Gasteiger partial charge in [0.05, 0.1) is 22.8 Å². The average molecular weight is 722 g/mol. The molecular formula is C47H67N3O3. The number of aliphatic hydroxyl groups is 1. The highest BCUT2D eigenvalue weighted by Crippen LogP contribution is 2.77. The topological polar surface area (TPSA) is 91.3 Å². The summed E-state index contributed by atoms with van der Waals surface area (Å²) in [5.41, 5.74) is 3.33. The van der Waals surface area contributed by atoms with E-state index in [2.05, 4.69) is 69.8 Å². The number of carbonyl (C=O) groups excluding carboxylic acids is 2. The number of pyridine rings is 1. The second-order valence-corrected chi connectivity index (χ2v) is 20.2. The van der Waals surface area contributed by atoms with Crippen LogP contribution in [0.4, 0.5) is 0 Å². The van der Waals surface area contributed by atoms with E-state index in [1.165, 1.54) is 31.3 Å². The van der Waals surface area contributed by atoms with Gasteiger partial charge < -0.3 is 15.7 Å². The van der Waals surface area contributed by atoms with Gasteiger partial charge in [-0.15, -0.1) is 0 Å². The summed E-state index contributed by atoms with van der Waals surface area (Å²) in [6, 6.07) is 13.5. The fraction of sp³-hybridized carbons (Fsp3) is 0.681. The minimum atomic E-state index is -0.610. The summed E-state index contributed by atoms with van der Waals surface area (Å²) < 4.78 is 0. The molecule has 1 aromatic carbocycles. The predicted octanol–water partition coefficient (Wildman–Crippen LogP) is 9.42. The molecule has 288 valence electrons. The molecule has 3 N–H and O–H groups in total. The summed E-state index contributed by atoms with van der Waals surface area (Å²) in [4.78, 5) is 32.5. The molecule has 5 saturated carbocycles. The maximum atomic E-state index is 14.7. The Hall–Kier alpha value is -2.99. The van der Waals surface area contributed by atoms with Crippen molar-refractivity contribution in [2.45, 2.75) is 138 Å². The van der Waals surface area contributed by atoms with Crippen LogP contribution in [0, 0.1) is 56.7 Å². The summed E-state index contributed by atoms with van der Waals surface area (Å²) in [6.45, 7) is 23.8. The normalized spacial score (nSPS) is 38.7. The lowest BCUT2D eigenvalue weighted by atomic mass is 9.32. The lowest BCUT2D eigenvalue weighted by Crippen LogP contribution is -2.67. The summed E-state index contributed by atoms with van der Waals surface area (Å²) in [5, 5.41) is 17.7. The van der Waals surface area contributed by atoms with Crippen molar-refractivity contribution in [1.82, 2.24) is 15.6 Å². The number of aromatic nitrogens is 1. The highest BCUT2D eigenvalue weighted by Gasteiger charge is 2.71. The maximum Gasteiger partial charge on any atom is 0.252 e. The van der Waals surface area contributed by atoms with E-state index >= 15 is 0 Å². The first-order chi connectivity index (χ1) is 24.9. The number of rotatable bonds is 8. The van der Waals surface area contributed by atoms with E-state index in [1.54, 1.807) is 6.20 Å². The monoisotopic (exact) mass is 722 g/mol. The summed E-state index contributed by atoms with van der Waals surface area (Å²) >= 11 is 0. The fourth-order valence-electron chi connectivity index (χ4n) is 14.0. The van der Waals surface area contributed by atoms with E-state index < -0.39 is 5.54 Å². The Morgan fingerprint density at radius 3 is 2.38 bits per heavy atom. The Morgan fingerprint density at radius 1 is 0.887 bits per heavy atom. The first kappa shape index (κ1) is 38.3. The number of hydrogen-bond acceptors (Lipinski definition) is 4. The van der Waals surface area contributed by atoms with Crippen LogP contribution in [0.25, 0.3) is 0 Å². The third kappa shape index (κ3) is 5.94. The average Bonchev–Trinajstić information content (AvgIpc) is 3.52. The Balaban J connectivity index is 1.07. The molecule has 0 spiro atoms. The molecule has 2 amide bonds. The largest absolute Gasteiger partial charge is 0.393 e. The van der Waals surface area contributed by atoms with E-state index in [-0.39, 0.29) is 45.0 Å². The molecule has 6 nitrogen and oxygen atoms in total. The molecule has 0 bridgehead atoms. The van der Waals surface area contributed by atoms with Crippen molar-refractivity contribution in [3.63, 3.8) is 0 Å². The number of carbonyl (C=O) groups is 2. The van der Waals surface area contributed by atoms with Gasteiger partial charge in [-0.1, -0.05) is 65.0 Å². The Morgan fingerprint density at radius 2 is 1.66 bits per heavy atom. The summed E-state index contributed by atoms with van der Waals surface area (Å²) in [7, 11) is 0. The van der Waals surface area contributed by atoms with Gasteiger partial charge in [0.1, 0.15) is 0 Å². The third-order valence-electron chi connectivity index (χ3n) is 17.1. The van der Waals surface area contributed by atoms with Crippen molar-refractivity contribution in [1.29, 1.82) is 0 Å². The smallest absolute Gasteiger partial charge is 0.252 e. The first-order valence-electron chi connectivity index (χ1n) is 20.9. The molecular weight excluding hydrogens is 655 g/mol. The molecule has 6 heteroatoms.